The molecule has 0 saturated carbocycles. The minimum Gasteiger partial charge on any atom is -0.480 e. The first kappa shape index (κ1) is 15.6. The number of nitrogens with zero attached hydrogens (tertiary/aromatic N) is 1. The Hall–Kier alpha value is -0.430. The molecule has 1 aromatic carbocycles. The van der Waals surface area contributed by atoms with Gasteiger partial charge in [0.25, 0.3) is 0 Å². The van der Waals surface area contributed by atoms with Crippen molar-refractivity contribution < 1.29 is 14.6 Å². The number of hydrogen-bond donors (Lipinski definition) is 1. The van der Waals surface area contributed by atoms with Crippen LogP contribution in [0.15, 0.2) is 27.1 Å². The summed E-state index contributed by atoms with van der Waals surface area (Å²) in [6.45, 7) is 1.71. The van der Waals surface area contributed by atoms with E-state index in [0.717, 1.165) is 14.5 Å². The highest BCUT2D eigenvalue weighted by Crippen LogP contribution is 2.24. The van der Waals surface area contributed by atoms with Crippen LogP contribution in [0.4, 0.5) is 0 Å². The third-order valence-corrected chi connectivity index (χ3v) is 4.24. The number of aliphatic carboxylic acids is 1. The predicted octanol–water partition coefficient (Wildman–Crippen LogP) is 2.74. The fourth-order valence-electron chi connectivity index (χ4n) is 1.52. The maximum Gasteiger partial charge on any atom is 0.317 e. The Bertz CT molecular complexity index is 412. The van der Waals surface area contributed by atoms with Crippen LogP contribution in [0.2, 0.25) is 0 Å². The maximum atomic E-state index is 10.8. The van der Waals surface area contributed by atoms with Crippen LogP contribution in [0, 0.1) is 0 Å². The van der Waals surface area contributed by atoms with E-state index >= 15 is 0 Å². The molecule has 0 unspecified atom stereocenters. The van der Waals surface area contributed by atoms with Gasteiger partial charge in [0.05, 0.1) is 13.2 Å². The van der Waals surface area contributed by atoms with Crippen molar-refractivity contribution in [2.75, 3.05) is 26.8 Å². The van der Waals surface area contributed by atoms with Gasteiger partial charge in [0.1, 0.15) is 0 Å². The zero-order chi connectivity index (χ0) is 13.5. The second kappa shape index (κ2) is 7.89. The van der Waals surface area contributed by atoms with Gasteiger partial charge >= 0.3 is 5.97 Å². The van der Waals surface area contributed by atoms with Gasteiger partial charge in [-0.2, -0.15) is 0 Å². The second-order valence-electron chi connectivity index (χ2n) is 3.85. The molecule has 100 valence electrons. The van der Waals surface area contributed by atoms with Crippen LogP contribution in [-0.4, -0.2) is 42.8 Å². The summed E-state index contributed by atoms with van der Waals surface area (Å²) in [6, 6.07) is 5.89. The van der Waals surface area contributed by atoms with Crippen LogP contribution in [0.5, 0.6) is 0 Å². The van der Waals surface area contributed by atoms with Crippen LogP contribution in [0.25, 0.3) is 0 Å². The molecule has 6 heteroatoms. The predicted molar refractivity (Wildman–Crippen MR) is 76.6 cm³/mol. The molecule has 1 rings (SSSR count). The van der Waals surface area contributed by atoms with Crippen LogP contribution in [-0.2, 0) is 16.1 Å². The molecule has 1 aromatic rings. The fraction of sp³-hybridized carbons (Fsp3) is 0.417. The molecule has 0 aliphatic rings. The number of halogens is 2. The first-order valence-corrected chi connectivity index (χ1v) is 6.98. The van der Waals surface area contributed by atoms with Gasteiger partial charge in [-0.25, -0.2) is 0 Å². The quantitative estimate of drug-likeness (QED) is 0.790. The summed E-state index contributed by atoms with van der Waals surface area (Å²) in [5, 5.41) is 8.86. The largest absolute Gasteiger partial charge is 0.480 e. The molecule has 0 aromatic heterocycles. The summed E-state index contributed by atoms with van der Waals surface area (Å²) in [7, 11) is 1.61. The lowest BCUT2D eigenvalue weighted by Gasteiger charge is -2.20. The van der Waals surface area contributed by atoms with Gasteiger partial charge < -0.3 is 9.84 Å². The zero-order valence-corrected chi connectivity index (χ0v) is 13.2. The molecule has 0 spiro atoms. The molecule has 18 heavy (non-hydrogen) atoms. The van der Waals surface area contributed by atoms with E-state index < -0.39 is 5.97 Å². The molecule has 1 N–H and O–H groups in total. The van der Waals surface area contributed by atoms with Gasteiger partial charge in [-0.15, -0.1) is 0 Å². The van der Waals surface area contributed by atoms with E-state index in [2.05, 4.69) is 31.9 Å². The minimum atomic E-state index is -0.831. The highest BCUT2D eigenvalue weighted by Gasteiger charge is 2.10. The molecule has 0 fully saturated rings. The van der Waals surface area contributed by atoms with Crippen LogP contribution in [0.1, 0.15) is 5.56 Å². The highest BCUT2D eigenvalue weighted by atomic mass is 79.9. The number of carboxylic acid groups (broad SMARTS) is 1. The SMILES string of the molecule is COCCN(CC(=O)O)Cc1ccc(Br)c(Br)c1. The lowest BCUT2D eigenvalue weighted by molar-refractivity contribution is -0.138. The van der Waals surface area contributed by atoms with E-state index in [-0.39, 0.29) is 6.54 Å². The van der Waals surface area contributed by atoms with E-state index in [9.17, 15) is 4.79 Å². The number of rotatable bonds is 7. The topological polar surface area (TPSA) is 49.8 Å². The monoisotopic (exact) mass is 379 g/mol. The summed E-state index contributed by atoms with van der Waals surface area (Å²) in [5.41, 5.74) is 1.06. The standard InChI is InChI=1S/C12H15Br2NO3/c1-18-5-4-15(8-12(16)17)7-9-2-3-10(13)11(14)6-9/h2-3,6H,4-5,7-8H2,1H3,(H,16,17). The number of carboxylic acids is 1. The smallest absolute Gasteiger partial charge is 0.317 e. The van der Waals surface area contributed by atoms with E-state index in [1.165, 1.54) is 0 Å². The maximum absolute atomic E-state index is 10.8. The third-order valence-electron chi connectivity index (χ3n) is 2.36. The van der Waals surface area contributed by atoms with Gasteiger partial charge in [0, 0.05) is 29.1 Å². The van der Waals surface area contributed by atoms with Crippen molar-refractivity contribution in [3.05, 3.63) is 32.7 Å². The molecule has 0 aliphatic carbocycles. The van der Waals surface area contributed by atoms with Gasteiger partial charge in [-0.05, 0) is 49.6 Å². The van der Waals surface area contributed by atoms with Gasteiger partial charge in [0.2, 0.25) is 0 Å². The van der Waals surface area contributed by atoms with Crippen molar-refractivity contribution in [2.24, 2.45) is 0 Å². The molecule has 0 bridgehead atoms. The summed E-state index contributed by atoms with van der Waals surface area (Å²) < 4.78 is 6.92. The number of methoxy groups -OCH3 is 1. The van der Waals surface area contributed by atoms with Crippen molar-refractivity contribution in [3.63, 3.8) is 0 Å². The van der Waals surface area contributed by atoms with E-state index in [4.69, 9.17) is 9.84 Å². The Kier molecular flexibility index (Phi) is 6.85. The van der Waals surface area contributed by atoms with Crippen LogP contribution < -0.4 is 0 Å². The Morgan fingerprint density at radius 1 is 1.39 bits per heavy atom. The molecular formula is C12H15Br2NO3. The minimum absolute atomic E-state index is 0.0110. The van der Waals surface area contributed by atoms with Gasteiger partial charge in [0.15, 0.2) is 0 Å². The molecule has 0 aliphatic heterocycles. The Balaban J connectivity index is 2.68. The number of hydrogen-bond acceptors (Lipinski definition) is 3. The van der Waals surface area contributed by atoms with Crippen molar-refractivity contribution in [1.29, 1.82) is 0 Å². The van der Waals surface area contributed by atoms with Gasteiger partial charge in [-0.1, -0.05) is 6.07 Å². The zero-order valence-electron chi connectivity index (χ0n) is 10.0. The first-order valence-electron chi connectivity index (χ1n) is 5.40. The average molecular weight is 381 g/mol. The van der Waals surface area contributed by atoms with Crippen molar-refractivity contribution in [2.45, 2.75) is 6.54 Å². The number of carbonyl (C=O) groups is 1. The fourth-order valence-corrected chi connectivity index (χ4v) is 2.19. The molecule has 0 amide bonds. The average Bonchev–Trinajstić information content (AvgIpc) is 2.30. The molecular weight excluding hydrogens is 366 g/mol. The van der Waals surface area contributed by atoms with Gasteiger partial charge in [-0.3, -0.25) is 9.69 Å². The molecule has 0 saturated heterocycles. The third kappa shape index (κ3) is 5.48. The van der Waals surface area contributed by atoms with E-state index in [0.29, 0.717) is 19.7 Å². The highest BCUT2D eigenvalue weighted by molar-refractivity contribution is 9.13. The first-order chi connectivity index (χ1) is 8.52. The van der Waals surface area contributed by atoms with Crippen molar-refractivity contribution >= 4 is 37.8 Å². The lowest BCUT2D eigenvalue weighted by atomic mass is 10.2. The van der Waals surface area contributed by atoms with E-state index in [1.807, 2.05) is 23.1 Å². The summed E-state index contributed by atoms with van der Waals surface area (Å²) in [4.78, 5) is 12.6. The summed E-state index contributed by atoms with van der Waals surface area (Å²) in [6.07, 6.45) is 0. The van der Waals surface area contributed by atoms with Crippen molar-refractivity contribution in [1.82, 2.24) is 4.90 Å². The molecule has 4 nitrogen and oxygen atoms in total. The molecule has 0 atom stereocenters. The van der Waals surface area contributed by atoms with Crippen LogP contribution in [0.3, 0.4) is 0 Å². The molecule has 0 heterocycles. The summed E-state index contributed by atoms with van der Waals surface area (Å²) >= 11 is 6.84. The Morgan fingerprint density at radius 3 is 2.67 bits per heavy atom. The van der Waals surface area contributed by atoms with Crippen molar-refractivity contribution in [3.8, 4) is 0 Å². The molecule has 0 radical (unpaired) electrons. The Labute approximate surface area is 123 Å². The Morgan fingerprint density at radius 2 is 2.11 bits per heavy atom. The van der Waals surface area contributed by atoms with E-state index in [1.54, 1.807) is 7.11 Å². The normalized spacial score (nSPS) is 10.9. The van der Waals surface area contributed by atoms with Crippen LogP contribution >= 0.6 is 31.9 Å². The number of ether oxygens (including phenoxy) is 1. The summed E-state index contributed by atoms with van der Waals surface area (Å²) in [5.74, 6) is -0.831. The number of benzene rings is 1. The lowest BCUT2D eigenvalue weighted by Crippen LogP contribution is -2.32. The second-order valence-corrected chi connectivity index (χ2v) is 5.55.